The van der Waals surface area contributed by atoms with Gasteiger partial charge in [-0.25, -0.2) is 0 Å². The van der Waals surface area contributed by atoms with E-state index in [0.717, 1.165) is 6.29 Å². The highest BCUT2D eigenvalue weighted by Crippen LogP contribution is 2.01. The standard InChI is InChI=1S/C14H30N4O4/c1-18(2,12-20)9-13(21)8-17(10-15)11-16-14(22)6-4-3-5-7-19/h7,13,20-21H,3-6,8-12,15H2,1-2H3/p+1. The zero-order valence-electron chi connectivity index (χ0n) is 13.7. The SMILES string of the molecule is C[N+](C)(CO)CC(O)CN(CN)CNC(=O)CCCCC=O. The molecule has 0 heterocycles. The Bertz CT molecular complexity index is 326. The zero-order valence-corrected chi connectivity index (χ0v) is 13.7. The highest BCUT2D eigenvalue weighted by atomic mass is 16.3. The fourth-order valence-corrected chi connectivity index (χ4v) is 1.99. The Balaban J connectivity index is 4.00. The van der Waals surface area contributed by atoms with Crippen LogP contribution in [0.1, 0.15) is 25.7 Å². The molecule has 130 valence electrons. The number of likely N-dealkylation sites (N-methyl/N-ethyl adjacent to an activating group) is 1. The molecule has 8 nitrogen and oxygen atoms in total. The third-order valence-electron chi connectivity index (χ3n) is 3.29. The van der Waals surface area contributed by atoms with E-state index < -0.39 is 6.10 Å². The van der Waals surface area contributed by atoms with E-state index in [1.54, 1.807) is 4.90 Å². The molecule has 0 bridgehead atoms. The Morgan fingerprint density at radius 2 is 2.09 bits per heavy atom. The fraction of sp³-hybridized carbons (Fsp3) is 0.857. The van der Waals surface area contributed by atoms with Crippen molar-refractivity contribution in [3.63, 3.8) is 0 Å². The van der Waals surface area contributed by atoms with Crippen molar-refractivity contribution in [3.8, 4) is 0 Å². The van der Waals surface area contributed by atoms with Crippen LogP contribution in [0.15, 0.2) is 0 Å². The minimum Gasteiger partial charge on any atom is -0.386 e. The van der Waals surface area contributed by atoms with Crippen LogP contribution in [0.5, 0.6) is 0 Å². The molecule has 0 aliphatic carbocycles. The number of unbranched alkanes of at least 4 members (excludes halogenated alkanes) is 2. The molecule has 0 aromatic rings. The summed E-state index contributed by atoms with van der Waals surface area (Å²) in [5, 5.41) is 21.9. The summed E-state index contributed by atoms with van der Waals surface area (Å²) in [4.78, 5) is 23.5. The number of carbonyl (C=O) groups is 2. The number of hydrogen-bond acceptors (Lipinski definition) is 6. The molecule has 0 aromatic carbocycles. The van der Waals surface area contributed by atoms with Crippen molar-refractivity contribution >= 4 is 12.2 Å². The lowest BCUT2D eigenvalue weighted by atomic mass is 10.2. The summed E-state index contributed by atoms with van der Waals surface area (Å²) in [5.74, 6) is -0.0923. The molecule has 1 atom stereocenters. The predicted molar refractivity (Wildman–Crippen MR) is 83.4 cm³/mol. The second-order valence-electron chi connectivity index (χ2n) is 6.12. The third kappa shape index (κ3) is 10.6. The second-order valence-corrected chi connectivity index (χ2v) is 6.12. The van der Waals surface area contributed by atoms with Crippen LogP contribution in [0.25, 0.3) is 0 Å². The smallest absolute Gasteiger partial charge is 0.220 e. The number of amides is 1. The van der Waals surface area contributed by atoms with E-state index in [9.17, 15) is 19.8 Å². The van der Waals surface area contributed by atoms with Crippen LogP contribution < -0.4 is 11.1 Å². The molecule has 0 aliphatic rings. The van der Waals surface area contributed by atoms with Crippen LogP contribution in [0.4, 0.5) is 0 Å². The Morgan fingerprint density at radius 3 is 2.64 bits per heavy atom. The van der Waals surface area contributed by atoms with Crippen molar-refractivity contribution in [1.29, 1.82) is 0 Å². The summed E-state index contributed by atoms with van der Waals surface area (Å²) in [7, 11) is 3.63. The predicted octanol–water partition coefficient (Wildman–Crippen LogP) is -1.58. The number of quaternary nitrogens is 1. The fourth-order valence-electron chi connectivity index (χ4n) is 1.99. The van der Waals surface area contributed by atoms with Gasteiger partial charge < -0.3 is 30.5 Å². The maximum absolute atomic E-state index is 11.6. The Labute approximate surface area is 132 Å². The van der Waals surface area contributed by atoms with E-state index in [-0.39, 0.29) is 26.0 Å². The van der Waals surface area contributed by atoms with Crippen molar-refractivity contribution in [1.82, 2.24) is 10.2 Å². The number of rotatable bonds is 13. The molecule has 5 N–H and O–H groups in total. The molecule has 0 saturated heterocycles. The second kappa shape index (κ2) is 11.5. The number of nitrogens with two attached hydrogens (primary N) is 1. The van der Waals surface area contributed by atoms with Crippen molar-refractivity contribution in [2.75, 3.05) is 47.3 Å². The van der Waals surface area contributed by atoms with Gasteiger partial charge in [0.15, 0.2) is 6.73 Å². The molecule has 0 aromatic heterocycles. The maximum Gasteiger partial charge on any atom is 0.220 e. The lowest BCUT2D eigenvalue weighted by Gasteiger charge is -2.31. The quantitative estimate of drug-likeness (QED) is 0.141. The number of nitrogens with one attached hydrogen (secondary N) is 1. The lowest BCUT2D eigenvalue weighted by Crippen LogP contribution is -2.51. The molecule has 0 spiro atoms. The van der Waals surface area contributed by atoms with Crippen molar-refractivity contribution in [2.45, 2.75) is 31.8 Å². The minimum atomic E-state index is -0.643. The summed E-state index contributed by atoms with van der Waals surface area (Å²) in [6.07, 6.45) is 2.45. The van der Waals surface area contributed by atoms with Gasteiger partial charge in [0.1, 0.15) is 18.9 Å². The summed E-state index contributed by atoms with van der Waals surface area (Å²) >= 11 is 0. The van der Waals surface area contributed by atoms with Crippen LogP contribution >= 0.6 is 0 Å². The third-order valence-corrected chi connectivity index (χ3v) is 3.29. The van der Waals surface area contributed by atoms with Crippen molar-refractivity contribution < 1.29 is 24.3 Å². The average Bonchev–Trinajstić information content (AvgIpc) is 2.47. The molecule has 1 amide bonds. The van der Waals surface area contributed by atoms with E-state index in [2.05, 4.69) is 5.32 Å². The molecule has 0 aliphatic heterocycles. The summed E-state index contributed by atoms with van der Waals surface area (Å²) < 4.78 is 0.294. The summed E-state index contributed by atoms with van der Waals surface area (Å²) in [6.45, 7) is 1.15. The van der Waals surface area contributed by atoms with Crippen LogP contribution in [-0.2, 0) is 9.59 Å². The van der Waals surface area contributed by atoms with Crippen molar-refractivity contribution in [2.24, 2.45) is 5.73 Å². The topological polar surface area (TPSA) is 116 Å². The molecule has 0 radical (unpaired) electrons. The van der Waals surface area contributed by atoms with Crippen LogP contribution in [-0.4, -0.2) is 85.1 Å². The van der Waals surface area contributed by atoms with E-state index in [1.807, 2.05) is 14.1 Å². The molecule has 0 saturated carbocycles. The van der Waals surface area contributed by atoms with Gasteiger partial charge in [0.25, 0.3) is 0 Å². The van der Waals surface area contributed by atoms with E-state index in [1.165, 1.54) is 0 Å². The molecule has 22 heavy (non-hydrogen) atoms. The molecule has 8 heteroatoms. The average molecular weight is 319 g/mol. The van der Waals surface area contributed by atoms with Gasteiger partial charge in [0.2, 0.25) is 5.91 Å². The molecule has 0 rings (SSSR count). The van der Waals surface area contributed by atoms with Gasteiger partial charge >= 0.3 is 0 Å². The number of aliphatic hydroxyl groups is 2. The molecular formula is C14H31N4O4+. The largest absolute Gasteiger partial charge is 0.386 e. The van der Waals surface area contributed by atoms with Gasteiger partial charge in [-0.1, -0.05) is 0 Å². The van der Waals surface area contributed by atoms with Gasteiger partial charge in [0, 0.05) is 26.1 Å². The first-order chi connectivity index (χ1) is 10.3. The number of aliphatic hydroxyl groups excluding tert-OH is 2. The maximum atomic E-state index is 11.6. The van der Waals surface area contributed by atoms with Crippen LogP contribution in [0.2, 0.25) is 0 Å². The molecule has 0 fully saturated rings. The highest BCUT2D eigenvalue weighted by Gasteiger charge is 2.21. The summed E-state index contributed by atoms with van der Waals surface area (Å²) in [5.41, 5.74) is 5.61. The van der Waals surface area contributed by atoms with Crippen LogP contribution in [0, 0.1) is 0 Å². The Kier molecular flexibility index (Phi) is 10.9. The Morgan fingerprint density at radius 1 is 1.41 bits per heavy atom. The number of hydrogen-bond donors (Lipinski definition) is 4. The number of nitrogens with zero attached hydrogens (tertiary/aromatic N) is 2. The summed E-state index contributed by atoms with van der Waals surface area (Å²) in [6, 6.07) is 0. The van der Waals surface area contributed by atoms with Crippen LogP contribution in [0.3, 0.4) is 0 Å². The first kappa shape index (κ1) is 20.9. The van der Waals surface area contributed by atoms with Gasteiger partial charge in [0.05, 0.1) is 20.8 Å². The Hall–Kier alpha value is -1.06. The minimum absolute atomic E-state index is 0.0583. The highest BCUT2D eigenvalue weighted by molar-refractivity contribution is 5.75. The zero-order chi connectivity index (χ0) is 17.0. The van der Waals surface area contributed by atoms with E-state index in [0.29, 0.717) is 43.3 Å². The first-order valence-electron chi connectivity index (χ1n) is 7.58. The molecule has 1 unspecified atom stereocenters. The normalized spacial score (nSPS) is 13.2. The monoisotopic (exact) mass is 319 g/mol. The lowest BCUT2D eigenvalue weighted by molar-refractivity contribution is -0.911. The number of carbonyl (C=O) groups excluding carboxylic acids is 2. The van der Waals surface area contributed by atoms with Gasteiger partial charge in [-0.05, 0) is 12.8 Å². The first-order valence-corrected chi connectivity index (χ1v) is 7.58. The van der Waals surface area contributed by atoms with E-state index >= 15 is 0 Å². The number of aldehydes is 1. The molecular weight excluding hydrogens is 288 g/mol. The van der Waals surface area contributed by atoms with Gasteiger partial charge in [-0.2, -0.15) is 0 Å². The van der Waals surface area contributed by atoms with Gasteiger partial charge in [-0.3, -0.25) is 9.69 Å². The van der Waals surface area contributed by atoms with E-state index in [4.69, 9.17) is 5.73 Å². The van der Waals surface area contributed by atoms with Crippen molar-refractivity contribution in [3.05, 3.63) is 0 Å². The van der Waals surface area contributed by atoms with Gasteiger partial charge in [-0.15, -0.1) is 0 Å².